The molecule has 0 aromatic heterocycles. The van der Waals surface area contributed by atoms with E-state index in [9.17, 15) is 13.2 Å². The lowest BCUT2D eigenvalue weighted by Gasteiger charge is -2.03. The fourth-order valence-electron chi connectivity index (χ4n) is 1.27. The molecule has 0 saturated carbocycles. The van der Waals surface area contributed by atoms with Crippen LogP contribution in [0.2, 0.25) is 0 Å². The molecule has 0 heterocycles. The van der Waals surface area contributed by atoms with E-state index in [2.05, 4.69) is 15.9 Å². The Morgan fingerprint density at radius 3 is 2.31 bits per heavy atom. The van der Waals surface area contributed by atoms with E-state index in [1.165, 1.54) is 6.92 Å². The molecule has 0 amide bonds. The van der Waals surface area contributed by atoms with Crippen molar-refractivity contribution in [1.82, 2.24) is 0 Å². The van der Waals surface area contributed by atoms with Gasteiger partial charge < -0.3 is 4.79 Å². The fourth-order valence-corrected chi connectivity index (χ4v) is 2.85. The summed E-state index contributed by atoms with van der Waals surface area (Å²) in [6.07, 6.45) is 0.698. The normalized spacial score (nSPS) is 11.4. The van der Waals surface area contributed by atoms with Crippen molar-refractivity contribution < 1.29 is 13.2 Å². The number of hydrogen-bond donors (Lipinski definition) is 0. The number of hydrogen-bond acceptors (Lipinski definition) is 3. The highest BCUT2D eigenvalue weighted by Crippen LogP contribution is 2.16. The van der Waals surface area contributed by atoms with Crippen LogP contribution in [0.4, 0.5) is 0 Å². The van der Waals surface area contributed by atoms with Crippen molar-refractivity contribution in [1.29, 1.82) is 0 Å². The lowest BCUT2D eigenvalue weighted by Crippen LogP contribution is -2.07. The molecule has 0 aliphatic carbocycles. The summed E-state index contributed by atoms with van der Waals surface area (Å²) in [7, 11) is -3.25. The van der Waals surface area contributed by atoms with Gasteiger partial charge in [-0.1, -0.05) is 15.9 Å². The van der Waals surface area contributed by atoms with Crippen LogP contribution in [0, 0.1) is 0 Å². The number of rotatable bonds is 5. The molecule has 5 heteroatoms. The molecule has 0 bridgehead atoms. The zero-order valence-corrected chi connectivity index (χ0v) is 11.3. The average molecular weight is 305 g/mol. The zero-order chi connectivity index (χ0) is 12.2. The summed E-state index contributed by atoms with van der Waals surface area (Å²) < 4.78 is 24.4. The monoisotopic (exact) mass is 304 g/mol. The number of sulfone groups is 1. The van der Waals surface area contributed by atoms with Crippen molar-refractivity contribution in [3.63, 3.8) is 0 Å². The molecular weight excluding hydrogens is 292 g/mol. The lowest BCUT2D eigenvalue weighted by atomic mass is 10.3. The molecule has 1 aromatic rings. The van der Waals surface area contributed by atoms with Crippen LogP contribution < -0.4 is 0 Å². The minimum absolute atomic E-state index is 0.0195. The topological polar surface area (TPSA) is 51.2 Å². The molecular formula is C11H13BrO3S. The molecule has 1 aromatic carbocycles. The minimum Gasteiger partial charge on any atom is -0.300 e. The maximum Gasteiger partial charge on any atom is 0.178 e. The average Bonchev–Trinajstić information content (AvgIpc) is 2.17. The Kier molecular flexibility index (Phi) is 4.68. The summed E-state index contributed by atoms with van der Waals surface area (Å²) in [6.45, 7) is 1.46. The Morgan fingerprint density at radius 1 is 1.25 bits per heavy atom. The van der Waals surface area contributed by atoms with Gasteiger partial charge in [-0.25, -0.2) is 8.42 Å². The first kappa shape index (κ1) is 13.4. The third-order valence-corrected chi connectivity index (χ3v) is 4.46. The summed E-state index contributed by atoms with van der Waals surface area (Å²) in [4.78, 5) is 11.0. The molecule has 0 fully saturated rings. The van der Waals surface area contributed by atoms with Gasteiger partial charge in [0.2, 0.25) is 0 Å². The van der Waals surface area contributed by atoms with Crippen LogP contribution in [-0.2, 0) is 14.6 Å². The molecule has 0 aliphatic heterocycles. The molecule has 0 atom stereocenters. The zero-order valence-electron chi connectivity index (χ0n) is 8.94. The van der Waals surface area contributed by atoms with Gasteiger partial charge in [0.15, 0.2) is 9.84 Å². The van der Waals surface area contributed by atoms with Crippen molar-refractivity contribution in [2.45, 2.75) is 24.7 Å². The van der Waals surface area contributed by atoms with Gasteiger partial charge in [-0.15, -0.1) is 0 Å². The summed E-state index contributed by atoms with van der Waals surface area (Å²) in [6, 6.07) is 6.51. The number of benzene rings is 1. The smallest absolute Gasteiger partial charge is 0.178 e. The van der Waals surface area contributed by atoms with Crippen LogP contribution in [0.15, 0.2) is 33.6 Å². The Hall–Kier alpha value is -0.680. The predicted molar refractivity (Wildman–Crippen MR) is 66.1 cm³/mol. The lowest BCUT2D eigenvalue weighted by molar-refractivity contribution is -0.117. The Bertz CT molecular complexity index is 463. The number of carbonyl (C=O) groups is 1. The van der Waals surface area contributed by atoms with Crippen LogP contribution in [0.1, 0.15) is 19.8 Å². The first-order valence-corrected chi connectivity index (χ1v) is 7.34. The van der Waals surface area contributed by atoms with E-state index in [1.807, 2.05) is 0 Å². The van der Waals surface area contributed by atoms with E-state index in [-0.39, 0.29) is 11.5 Å². The van der Waals surface area contributed by atoms with E-state index >= 15 is 0 Å². The molecule has 0 spiro atoms. The van der Waals surface area contributed by atoms with Gasteiger partial charge in [0.05, 0.1) is 10.6 Å². The van der Waals surface area contributed by atoms with Crippen molar-refractivity contribution >= 4 is 31.6 Å². The minimum atomic E-state index is -3.25. The molecule has 88 valence electrons. The second-order valence-electron chi connectivity index (χ2n) is 3.58. The number of Topliss-reactive ketones (excluding diaryl/α,β-unsaturated/α-hetero) is 1. The predicted octanol–water partition coefficient (Wildman–Crippen LogP) is 2.59. The first-order valence-electron chi connectivity index (χ1n) is 4.89. The second-order valence-corrected chi connectivity index (χ2v) is 6.60. The van der Waals surface area contributed by atoms with Gasteiger partial charge in [0.25, 0.3) is 0 Å². The van der Waals surface area contributed by atoms with E-state index in [0.717, 1.165) is 4.47 Å². The molecule has 0 radical (unpaired) electrons. The maximum absolute atomic E-state index is 11.8. The van der Waals surface area contributed by atoms with Crippen molar-refractivity contribution in [2.75, 3.05) is 5.75 Å². The number of carbonyl (C=O) groups excluding carboxylic acids is 1. The first-order chi connectivity index (χ1) is 7.42. The molecule has 16 heavy (non-hydrogen) atoms. The van der Waals surface area contributed by atoms with Crippen LogP contribution in [-0.4, -0.2) is 20.0 Å². The Morgan fingerprint density at radius 2 is 1.81 bits per heavy atom. The Balaban J connectivity index is 2.71. The molecule has 0 unspecified atom stereocenters. The fraction of sp³-hybridized carbons (Fsp3) is 0.364. The molecule has 3 nitrogen and oxygen atoms in total. The SMILES string of the molecule is CC(=O)CCCS(=O)(=O)c1ccc(Br)cc1. The highest BCUT2D eigenvalue weighted by molar-refractivity contribution is 9.10. The van der Waals surface area contributed by atoms with Crippen LogP contribution >= 0.6 is 15.9 Å². The van der Waals surface area contributed by atoms with Crippen LogP contribution in [0.25, 0.3) is 0 Å². The van der Waals surface area contributed by atoms with Gasteiger partial charge in [-0.3, -0.25) is 0 Å². The molecule has 0 aliphatic rings. The third kappa shape index (κ3) is 4.06. The molecule has 1 rings (SSSR count). The quantitative estimate of drug-likeness (QED) is 0.840. The van der Waals surface area contributed by atoms with Gasteiger partial charge in [0, 0.05) is 10.9 Å². The van der Waals surface area contributed by atoms with Gasteiger partial charge >= 0.3 is 0 Å². The number of halogens is 1. The van der Waals surface area contributed by atoms with Crippen molar-refractivity contribution in [3.05, 3.63) is 28.7 Å². The van der Waals surface area contributed by atoms with Gasteiger partial charge in [-0.2, -0.15) is 0 Å². The van der Waals surface area contributed by atoms with Crippen molar-refractivity contribution in [2.24, 2.45) is 0 Å². The van der Waals surface area contributed by atoms with E-state index < -0.39 is 9.84 Å². The van der Waals surface area contributed by atoms with Crippen LogP contribution in [0.3, 0.4) is 0 Å². The molecule has 0 saturated heterocycles. The standard InChI is InChI=1S/C11H13BrO3S/c1-9(13)3-2-8-16(14,15)11-6-4-10(12)5-7-11/h4-7H,2-3,8H2,1H3. The van der Waals surface area contributed by atoms with Gasteiger partial charge in [0.1, 0.15) is 5.78 Å². The highest BCUT2D eigenvalue weighted by Gasteiger charge is 2.13. The second kappa shape index (κ2) is 5.59. The largest absolute Gasteiger partial charge is 0.300 e. The Labute approximate surface area is 104 Å². The van der Waals surface area contributed by atoms with E-state index in [4.69, 9.17) is 0 Å². The highest BCUT2D eigenvalue weighted by atomic mass is 79.9. The maximum atomic E-state index is 11.8. The van der Waals surface area contributed by atoms with Crippen LogP contribution in [0.5, 0.6) is 0 Å². The summed E-state index contributed by atoms with van der Waals surface area (Å²) in [5, 5.41) is 0. The summed E-state index contributed by atoms with van der Waals surface area (Å²) in [5.41, 5.74) is 0. The summed E-state index contributed by atoms with van der Waals surface area (Å²) >= 11 is 3.24. The van der Waals surface area contributed by atoms with E-state index in [1.54, 1.807) is 24.3 Å². The number of ketones is 1. The van der Waals surface area contributed by atoms with E-state index in [0.29, 0.717) is 17.7 Å². The third-order valence-electron chi connectivity index (χ3n) is 2.11. The summed E-state index contributed by atoms with van der Waals surface area (Å²) in [5.74, 6) is 0.0415. The van der Waals surface area contributed by atoms with Crippen molar-refractivity contribution in [3.8, 4) is 0 Å². The molecule has 0 N–H and O–H groups in total. The van der Waals surface area contributed by atoms with Gasteiger partial charge in [-0.05, 0) is 37.6 Å².